The summed E-state index contributed by atoms with van der Waals surface area (Å²) < 4.78 is 10.4. The Morgan fingerprint density at radius 2 is 1.28 bits per heavy atom. The molecule has 0 aromatic heterocycles. The SMILES string of the molecule is C=C(C)C(=O)Oc1ccc(OC(=O)c2ccc(-c3ccc(C#N)cc3)cc2)cc1. The van der Waals surface area contributed by atoms with Crippen LogP contribution in [0.25, 0.3) is 11.1 Å². The van der Waals surface area contributed by atoms with Gasteiger partial charge in [0.2, 0.25) is 0 Å². The van der Waals surface area contributed by atoms with E-state index in [9.17, 15) is 9.59 Å². The number of nitriles is 1. The predicted molar refractivity (Wildman–Crippen MR) is 108 cm³/mol. The molecule has 0 bridgehead atoms. The van der Waals surface area contributed by atoms with Gasteiger partial charge in [-0.05, 0) is 66.6 Å². The van der Waals surface area contributed by atoms with Crippen molar-refractivity contribution in [3.05, 3.63) is 96.1 Å². The average molecular weight is 383 g/mol. The standard InChI is InChI=1S/C24H17NO4/c1-16(2)23(26)28-21-11-13-22(14-12-21)29-24(27)20-9-7-19(8-10-20)18-5-3-17(15-25)4-6-18/h3-14H,1H2,2H3. The minimum atomic E-state index is -0.517. The quantitative estimate of drug-likeness (QED) is 0.355. The van der Waals surface area contributed by atoms with Gasteiger partial charge in [-0.15, -0.1) is 0 Å². The zero-order chi connectivity index (χ0) is 20.8. The van der Waals surface area contributed by atoms with E-state index in [1.807, 2.05) is 24.3 Å². The number of esters is 2. The highest BCUT2D eigenvalue weighted by Crippen LogP contribution is 2.22. The summed E-state index contributed by atoms with van der Waals surface area (Å²) in [6.07, 6.45) is 0. The second-order valence-electron chi connectivity index (χ2n) is 6.30. The molecule has 0 N–H and O–H groups in total. The maximum Gasteiger partial charge on any atom is 0.343 e. The van der Waals surface area contributed by atoms with Crippen molar-refractivity contribution in [1.82, 2.24) is 0 Å². The number of ether oxygens (including phenoxy) is 2. The molecule has 0 heterocycles. The van der Waals surface area contributed by atoms with Gasteiger partial charge in [0.05, 0.1) is 17.2 Å². The van der Waals surface area contributed by atoms with Crippen molar-refractivity contribution < 1.29 is 19.1 Å². The number of hydrogen-bond donors (Lipinski definition) is 0. The molecule has 5 nitrogen and oxygen atoms in total. The average Bonchev–Trinajstić information content (AvgIpc) is 2.75. The summed E-state index contributed by atoms with van der Waals surface area (Å²) in [5.74, 6) is -0.342. The molecule has 3 aromatic rings. The van der Waals surface area contributed by atoms with Crippen molar-refractivity contribution in [2.75, 3.05) is 0 Å². The van der Waals surface area contributed by atoms with Crippen molar-refractivity contribution in [3.63, 3.8) is 0 Å². The van der Waals surface area contributed by atoms with Crippen LogP contribution in [0.4, 0.5) is 0 Å². The lowest BCUT2D eigenvalue weighted by atomic mass is 10.0. The molecular weight excluding hydrogens is 366 g/mol. The summed E-state index contributed by atoms with van der Waals surface area (Å²) in [5.41, 5.74) is 3.16. The number of carbonyl (C=O) groups excluding carboxylic acids is 2. The molecule has 29 heavy (non-hydrogen) atoms. The Bertz CT molecular complexity index is 1090. The van der Waals surface area contributed by atoms with Crippen LogP contribution in [-0.2, 0) is 4.79 Å². The van der Waals surface area contributed by atoms with Crippen LogP contribution < -0.4 is 9.47 Å². The fourth-order valence-electron chi connectivity index (χ4n) is 2.47. The molecule has 3 rings (SSSR count). The van der Waals surface area contributed by atoms with Crippen LogP contribution >= 0.6 is 0 Å². The third kappa shape index (κ3) is 4.96. The fraction of sp³-hybridized carbons (Fsp3) is 0.0417. The van der Waals surface area contributed by atoms with Gasteiger partial charge in [-0.1, -0.05) is 30.8 Å². The zero-order valence-electron chi connectivity index (χ0n) is 15.7. The van der Waals surface area contributed by atoms with E-state index >= 15 is 0 Å². The molecule has 0 radical (unpaired) electrons. The Morgan fingerprint density at radius 3 is 1.76 bits per heavy atom. The number of benzene rings is 3. The maximum atomic E-state index is 12.3. The molecule has 0 saturated heterocycles. The molecule has 0 atom stereocenters. The molecule has 142 valence electrons. The van der Waals surface area contributed by atoms with Crippen LogP contribution in [0.2, 0.25) is 0 Å². The Morgan fingerprint density at radius 1 is 0.793 bits per heavy atom. The van der Waals surface area contributed by atoms with Gasteiger partial charge in [0, 0.05) is 5.57 Å². The Kier molecular flexibility index (Phi) is 5.86. The zero-order valence-corrected chi connectivity index (χ0v) is 15.7. The number of hydrogen-bond acceptors (Lipinski definition) is 5. The first-order valence-corrected chi connectivity index (χ1v) is 8.77. The molecule has 0 aliphatic heterocycles. The van der Waals surface area contributed by atoms with E-state index < -0.39 is 11.9 Å². The lowest BCUT2D eigenvalue weighted by Gasteiger charge is -2.07. The van der Waals surface area contributed by atoms with Gasteiger partial charge >= 0.3 is 11.9 Å². The van der Waals surface area contributed by atoms with Crippen LogP contribution in [0.15, 0.2) is 84.9 Å². The Hall–Kier alpha value is -4.17. The highest BCUT2D eigenvalue weighted by molar-refractivity contribution is 5.92. The smallest absolute Gasteiger partial charge is 0.343 e. The van der Waals surface area contributed by atoms with Crippen LogP contribution in [0.5, 0.6) is 11.5 Å². The summed E-state index contributed by atoms with van der Waals surface area (Å²) in [6.45, 7) is 5.08. The fourth-order valence-corrected chi connectivity index (χ4v) is 2.47. The maximum absolute atomic E-state index is 12.3. The monoisotopic (exact) mass is 383 g/mol. The largest absolute Gasteiger partial charge is 0.423 e. The summed E-state index contributed by atoms with van der Waals surface area (Å²) in [4.78, 5) is 23.8. The van der Waals surface area contributed by atoms with Crippen LogP contribution in [0.3, 0.4) is 0 Å². The van der Waals surface area contributed by atoms with Gasteiger partial charge in [-0.2, -0.15) is 5.26 Å². The Balaban J connectivity index is 1.65. The topological polar surface area (TPSA) is 76.4 Å². The summed E-state index contributed by atoms with van der Waals surface area (Å²) >= 11 is 0. The third-order valence-corrected chi connectivity index (χ3v) is 4.06. The second-order valence-corrected chi connectivity index (χ2v) is 6.30. The van der Waals surface area contributed by atoms with Gasteiger partial charge in [-0.25, -0.2) is 9.59 Å². The highest BCUT2D eigenvalue weighted by atomic mass is 16.5. The number of carbonyl (C=O) groups is 2. The molecule has 0 aliphatic rings. The summed E-state index contributed by atoms with van der Waals surface area (Å²) in [6, 6.07) is 22.4. The van der Waals surface area contributed by atoms with Crippen molar-refractivity contribution in [2.45, 2.75) is 6.92 Å². The van der Waals surface area contributed by atoms with Crippen molar-refractivity contribution >= 4 is 11.9 Å². The van der Waals surface area contributed by atoms with E-state index in [2.05, 4.69) is 12.6 Å². The van der Waals surface area contributed by atoms with Gasteiger partial charge in [-0.3, -0.25) is 0 Å². The van der Waals surface area contributed by atoms with E-state index in [1.165, 1.54) is 12.1 Å². The molecule has 3 aromatic carbocycles. The van der Waals surface area contributed by atoms with Gasteiger partial charge in [0.25, 0.3) is 0 Å². The van der Waals surface area contributed by atoms with E-state index in [0.717, 1.165) is 11.1 Å². The lowest BCUT2D eigenvalue weighted by molar-refractivity contribution is -0.130. The summed E-state index contributed by atoms with van der Waals surface area (Å²) in [5, 5.41) is 8.87. The lowest BCUT2D eigenvalue weighted by Crippen LogP contribution is -2.09. The number of nitrogens with zero attached hydrogens (tertiary/aromatic N) is 1. The molecule has 0 unspecified atom stereocenters. The van der Waals surface area contributed by atoms with Crippen LogP contribution in [0, 0.1) is 11.3 Å². The van der Waals surface area contributed by atoms with Crippen LogP contribution in [-0.4, -0.2) is 11.9 Å². The van der Waals surface area contributed by atoms with Crippen molar-refractivity contribution in [3.8, 4) is 28.7 Å². The minimum absolute atomic E-state index is 0.296. The van der Waals surface area contributed by atoms with E-state index in [1.54, 1.807) is 43.3 Å². The van der Waals surface area contributed by atoms with E-state index in [0.29, 0.717) is 28.2 Å². The van der Waals surface area contributed by atoms with Crippen molar-refractivity contribution in [1.29, 1.82) is 5.26 Å². The molecule has 5 heteroatoms. The molecule has 0 aliphatic carbocycles. The molecule has 0 fully saturated rings. The molecular formula is C24H17NO4. The number of rotatable bonds is 5. The third-order valence-electron chi connectivity index (χ3n) is 4.06. The first-order chi connectivity index (χ1) is 14.0. The van der Waals surface area contributed by atoms with Gasteiger partial charge < -0.3 is 9.47 Å². The first kappa shape index (κ1) is 19.6. The minimum Gasteiger partial charge on any atom is -0.423 e. The molecule has 0 spiro atoms. The molecule has 0 saturated carbocycles. The van der Waals surface area contributed by atoms with Crippen molar-refractivity contribution in [2.24, 2.45) is 0 Å². The summed E-state index contributed by atoms with van der Waals surface area (Å²) in [7, 11) is 0. The van der Waals surface area contributed by atoms with Gasteiger partial charge in [0.15, 0.2) is 0 Å². The normalized spacial score (nSPS) is 9.93. The second kappa shape index (κ2) is 8.68. The van der Waals surface area contributed by atoms with E-state index in [-0.39, 0.29) is 0 Å². The molecule has 0 amide bonds. The van der Waals surface area contributed by atoms with Crippen LogP contribution in [0.1, 0.15) is 22.8 Å². The first-order valence-electron chi connectivity index (χ1n) is 8.77. The Labute approximate surface area is 168 Å². The predicted octanol–water partition coefficient (Wildman–Crippen LogP) is 4.93. The van der Waals surface area contributed by atoms with Gasteiger partial charge in [0.1, 0.15) is 11.5 Å². The van der Waals surface area contributed by atoms with E-state index in [4.69, 9.17) is 14.7 Å². The highest BCUT2D eigenvalue weighted by Gasteiger charge is 2.10.